The number of unbranched alkanes of at least 4 members (excludes halogenated alkanes) is 24. The van der Waals surface area contributed by atoms with E-state index in [1.165, 1.54) is 141 Å². The van der Waals surface area contributed by atoms with E-state index in [1.807, 2.05) is 6.08 Å². The molecule has 0 aromatic carbocycles. The van der Waals surface area contributed by atoms with Crippen LogP contribution in [0.25, 0.3) is 0 Å². The quantitative estimate of drug-likeness (QED) is 0.0593. The number of nitrogens with one attached hydrogen (secondary N) is 1. The summed E-state index contributed by atoms with van der Waals surface area (Å²) in [4.78, 5) is 12.3. The molecule has 0 aromatic rings. The van der Waals surface area contributed by atoms with Crippen molar-refractivity contribution in [1.29, 1.82) is 0 Å². The number of hydrogen-bond acceptors (Lipinski definition) is 3. The molecule has 0 fully saturated rings. The van der Waals surface area contributed by atoms with E-state index in [9.17, 15) is 15.0 Å². The van der Waals surface area contributed by atoms with Crippen LogP contribution in [0.2, 0.25) is 0 Å². The largest absolute Gasteiger partial charge is 0.394 e. The fourth-order valence-electron chi connectivity index (χ4n) is 5.29. The predicted octanol–water partition coefficient (Wildman–Crippen LogP) is 9.95. The van der Waals surface area contributed by atoms with E-state index in [-0.39, 0.29) is 12.5 Å². The topological polar surface area (TPSA) is 69.6 Å². The predicted molar refractivity (Wildman–Crippen MR) is 170 cm³/mol. The first-order chi connectivity index (χ1) is 19.2. The van der Waals surface area contributed by atoms with Gasteiger partial charge in [0.15, 0.2) is 0 Å². The second-order valence-corrected chi connectivity index (χ2v) is 11.9. The highest BCUT2D eigenvalue weighted by atomic mass is 16.3. The molecule has 0 aliphatic carbocycles. The highest BCUT2D eigenvalue weighted by Crippen LogP contribution is 2.15. The monoisotopic (exact) mass is 552 g/mol. The SMILES string of the molecule is CCCCCCCCC/C=C/[C@@H](O)[C@H](CO)NC(=O)CCCCCCCCCCCCCCCCCCCC. The fraction of sp³-hybridized carbons (Fsp3) is 0.914. The van der Waals surface area contributed by atoms with E-state index in [0.717, 1.165) is 25.7 Å². The average Bonchev–Trinajstić information content (AvgIpc) is 2.94. The van der Waals surface area contributed by atoms with E-state index in [1.54, 1.807) is 6.08 Å². The van der Waals surface area contributed by atoms with Crippen molar-refractivity contribution in [3.8, 4) is 0 Å². The van der Waals surface area contributed by atoms with Gasteiger partial charge in [0.25, 0.3) is 0 Å². The van der Waals surface area contributed by atoms with Crippen LogP contribution in [0.5, 0.6) is 0 Å². The Labute approximate surface area is 244 Å². The second kappa shape index (κ2) is 31.7. The lowest BCUT2D eigenvalue weighted by atomic mass is 10.0. The van der Waals surface area contributed by atoms with Gasteiger partial charge in [-0.3, -0.25) is 4.79 Å². The van der Waals surface area contributed by atoms with Crippen LogP contribution >= 0.6 is 0 Å². The molecule has 0 aliphatic rings. The molecule has 0 aromatic heterocycles. The Kier molecular flexibility index (Phi) is 30.9. The lowest BCUT2D eigenvalue weighted by Gasteiger charge is -2.20. The van der Waals surface area contributed by atoms with Crippen LogP contribution in [0.15, 0.2) is 12.2 Å². The first kappa shape index (κ1) is 38.1. The van der Waals surface area contributed by atoms with Crippen LogP contribution in [-0.2, 0) is 4.79 Å². The van der Waals surface area contributed by atoms with Crippen molar-refractivity contribution >= 4 is 5.91 Å². The molecule has 0 unspecified atom stereocenters. The number of aliphatic hydroxyl groups excluding tert-OH is 2. The number of carbonyl (C=O) groups excluding carboxylic acids is 1. The van der Waals surface area contributed by atoms with Gasteiger partial charge < -0.3 is 15.5 Å². The lowest BCUT2D eigenvalue weighted by molar-refractivity contribution is -0.123. The maximum atomic E-state index is 12.3. The standard InChI is InChI=1S/C35H69NO3/c1-3-5-7-9-11-13-14-15-16-17-18-19-20-21-23-25-27-29-31-35(39)36-33(32-37)34(38)30-28-26-24-22-12-10-8-6-4-2/h28,30,33-34,37-38H,3-27,29,31-32H2,1-2H3,(H,36,39)/b30-28+/t33-,34+/m0/s1. The Bertz CT molecular complexity index is 522. The van der Waals surface area contributed by atoms with Crippen LogP contribution in [0.3, 0.4) is 0 Å². The van der Waals surface area contributed by atoms with Gasteiger partial charge in [0.2, 0.25) is 5.91 Å². The number of rotatable bonds is 31. The van der Waals surface area contributed by atoms with Crippen molar-refractivity contribution in [1.82, 2.24) is 5.32 Å². The molecule has 4 heteroatoms. The zero-order valence-corrected chi connectivity index (χ0v) is 26.4. The Morgan fingerprint density at radius 2 is 0.949 bits per heavy atom. The van der Waals surface area contributed by atoms with Crippen molar-refractivity contribution < 1.29 is 15.0 Å². The molecule has 3 N–H and O–H groups in total. The van der Waals surface area contributed by atoms with Gasteiger partial charge in [0.1, 0.15) is 0 Å². The van der Waals surface area contributed by atoms with E-state index >= 15 is 0 Å². The summed E-state index contributed by atoms with van der Waals surface area (Å²) in [6.07, 6.45) is 37.2. The zero-order chi connectivity index (χ0) is 28.7. The third-order valence-electron chi connectivity index (χ3n) is 8.02. The molecule has 0 saturated carbocycles. The Balaban J connectivity index is 3.54. The molecule has 0 heterocycles. The Morgan fingerprint density at radius 3 is 1.33 bits per heavy atom. The summed E-state index contributed by atoms with van der Waals surface area (Å²) in [5.74, 6) is -0.0647. The normalized spacial score (nSPS) is 13.2. The number of allylic oxidation sites excluding steroid dienone is 1. The van der Waals surface area contributed by atoms with Crippen molar-refractivity contribution in [3.05, 3.63) is 12.2 Å². The van der Waals surface area contributed by atoms with Crippen molar-refractivity contribution in [2.24, 2.45) is 0 Å². The first-order valence-electron chi connectivity index (χ1n) is 17.4. The maximum absolute atomic E-state index is 12.3. The van der Waals surface area contributed by atoms with E-state index in [0.29, 0.717) is 6.42 Å². The molecule has 1 amide bonds. The molecule has 0 bridgehead atoms. The van der Waals surface area contributed by atoms with Gasteiger partial charge in [-0.15, -0.1) is 0 Å². The minimum absolute atomic E-state index is 0.0647. The summed E-state index contributed by atoms with van der Waals surface area (Å²) in [7, 11) is 0. The van der Waals surface area contributed by atoms with Crippen LogP contribution in [0.1, 0.15) is 187 Å². The van der Waals surface area contributed by atoms with Crippen LogP contribution in [0, 0.1) is 0 Å². The third-order valence-corrected chi connectivity index (χ3v) is 8.02. The second-order valence-electron chi connectivity index (χ2n) is 11.9. The smallest absolute Gasteiger partial charge is 0.220 e. The van der Waals surface area contributed by atoms with Crippen molar-refractivity contribution in [2.75, 3.05) is 6.61 Å². The first-order valence-corrected chi connectivity index (χ1v) is 17.4. The average molecular weight is 552 g/mol. The van der Waals surface area contributed by atoms with Gasteiger partial charge in [0.05, 0.1) is 18.8 Å². The van der Waals surface area contributed by atoms with Gasteiger partial charge in [-0.25, -0.2) is 0 Å². The molecule has 0 aliphatic heterocycles. The van der Waals surface area contributed by atoms with E-state index in [2.05, 4.69) is 19.2 Å². The fourth-order valence-corrected chi connectivity index (χ4v) is 5.29. The third kappa shape index (κ3) is 28.5. The van der Waals surface area contributed by atoms with Crippen molar-refractivity contribution in [2.45, 2.75) is 199 Å². The molecular weight excluding hydrogens is 482 g/mol. The summed E-state index contributed by atoms with van der Waals surface area (Å²) in [5, 5.41) is 22.7. The van der Waals surface area contributed by atoms with Gasteiger partial charge in [-0.05, 0) is 19.3 Å². The minimum atomic E-state index is -0.830. The number of aliphatic hydroxyl groups is 2. The Morgan fingerprint density at radius 1 is 0.590 bits per heavy atom. The summed E-state index contributed by atoms with van der Waals surface area (Å²) in [6, 6.07) is -0.613. The van der Waals surface area contributed by atoms with Gasteiger partial charge >= 0.3 is 0 Å². The van der Waals surface area contributed by atoms with Crippen LogP contribution in [-0.4, -0.2) is 34.9 Å². The Hall–Kier alpha value is -0.870. The molecule has 0 rings (SSSR count). The number of carbonyl (C=O) groups is 1. The molecule has 39 heavy (non-hydrogen) atoms. The minimum Gasteiger partial charge on any atom is -0.394 e. The summed E-state index contributed by atoms with van der Waals surface area (Å²) in [6.45, 7) is 4.28. The summed E-state index contributed by atoms with van der Waals surface area (Å²) in [5.41, 5.74) is 0. The summed E-state index contributed by atoms with van der Waals surface area (Å²) < 4.78 is 0. The molecule has 0 spiro atoms. The van der Waals surface area contributed by atoms with Crippen LogP contribution in [0.4, 0.5) is 0 Å². The highest BCUT2D eigenvalue weighted by molar-refractivity contribution is 5.76. The highest BCUT2D eigenvalue weighted by Gasteiger charge is 2.17. The van der Waals surface area contributed by atoms with Crippen molar-refractivity contribution in [3.63, 3.8) is 0 Å². The molecule has 4 nitrogen and oxygen atoms in total. The molecular formula is C35H69NO3. The van der Waals surface area contributed by atoms with Gasteiger partial charge in [-0.2, -0.15) is 0 Å². The molecule has 2 atom stereocenters. The van der Waals surface area contributed by atoms with Crippen LogP contribution < -0.4 is 5.32 Å². The maximum Gasteiger partial charge on any atom is 0.220 e. The van der Waals surface area contributed by atoms with E-state index in [4.69, 9.17) is 0 Å². The molecule has 0 saturated heterocycles. The van der Waals surface area contributed by atoms with Gasteiger partial charge in [0, 0.05) is 6.42 Å². The number of hydrogen-bond donors (Lipinski definition) is 3. The van der Waals surface area contributed by atoms with E-state index < -0.39 is 12.1 Å². The molecule has 232 valence electrons. The lowest BCUT2D eigenvalue weighted by Crippen LogP contribution is -2.45. The zero-order valence-electron chi connectivity index (χ0n) is 26.4. The van der Waals surface area contributed by atoms with Gasteiger partial charge in [-0.1, -0.05) is 174 Å². The molecule has 0 radical (unpaired) electrons. The summed E-state index contributed by atoms with van der Waals surface area (Å²) >= 11 is 0. The number of amides is 1.